The van der Waals surface area contributed by atoms with E-state index in [1.807, 2.05) is 85.5 Å². The molecule has 0 aromatic heterocycles. The van der Waals surface area contributed by atoms with Crippen molar-refractivity contribution < 1.29 is 14.3 Å². The Morgan fingerprint density at radius 1 is 0.938 bits per heavy atom. The van der Waals surface area contributed by atoms with E-state index >= 15 is 0 Å². The first-order valence-corrected chi connectivity index (χ1v) is 11.0. The van der Waals surface area contributed by atoms with Crippen LogP contribution in [0.5, 0.6) is 5.75 Å². The van der Waals surface area contributed by atoms with Gasteiger partial charge in [-0.1, -0.05) is 60.7 Å². The summed E-state index contributed by atoms with van der Waals surface area (Å²) in [5.41, 5.74) is 2.66. The molecule has 32 heavy (non-hydrogen) atoms. The first-order chi connectivity index (χ1) is 15.5. The standard InChI is InChI=1S/C27H24N2O3/c1-17-9-8-12-19(15-17)28-25(30)27(2)23(18-10-4-3-5-11-18)21-16-32-22-14-7-6-13-20(22)24(21)29(27)26(28)31/h3-15,21,23-24H,16H2,1-2H3/t21?,23?,24?,27-/m1/s1. The number of rotatable bonds is 2. The first-order valence-electron chi connectivity index (χ1n) is 11.0. The van der Waals surface area contributed by atoms with E-state index in [2.05, 4.69) is 12.1 Å². The number of carbonyl (C=O) groups is 2. The van der Waals surface area contributed by atoms with Gasteiger partial charge < -0.3 is 9.64 Å². The van der Waals surface area contributed by atoms with Crippen LogP contribution >= 0.6 is 0 Å². The van der Waals surface area contributed by atoms with Crippen LogP contribution < -0.4 is 9.64 Å². The maximum absolute atomic E-state index is 14.1. The van der Waals surface area contributed by atoms with Gasteiger partial charge in [-0.05, 0) is 43.2 Å². The Kier molecular flexibility index (Phi) is 4.00. The maximum atomic E-state index is 14.1. The smallest absolute Gasteiger partial charge is 0.332 e. The number of imide groups is 1. The third-order valence-electron chi connectivity index (χ3n) is 7.34. The van der Waals surface area contributed by atoms with E-state index in [-0.39, 0.29) is 29.8 Å². The number of amides is 3. The molecule has 160 valence electrons. The Balaban J connectivity index is 1.57. The number of benzene rings is 3. The van der Waals surface area contributed by atoms with E-state index in [1.165, 1.54) is 4.90 Å². The van der Waals surface area contributed by atoms with E-state index in [1.54, 1.807) is 0 Å². The van der Waals surface area contributed by atoms with E-state index in [9.17, 15) is 9.59 Å². The summed E-state index contributed by atoms with van der Waals surface area (Å²) in [6, 6.07) is 25.1. The Morgan fingerprint density at radius 3 is 2.47 bits per heavy atom. The lowest BCUT2D eigenvalue weighted by Gasteiger charge is -2.34. The lowest BCUT2D eigenvalue weighted by molar-refractivity contribution is -0.124. The second kappa shape index (κ2) is 6.70. The Hall–Kier alpha value is -3.60. The van der Waals surface area contributed by atoms with Crippen molar-refractivity contribution in [2.75, 3.05) is 11.5 Å². The molecule has 0 spiro atoms. The zero-order valence-electron chi connectivity index (χ0n) is 18.1. The van der Waals surface area contributed by atoms with Crippen LogP contribution in [0.3, 0.4) is 0 Å². The zero-order chi connectivity index (χ0) is 22.0. The average molecular weight is 425 g/mol. The average Bonchev–Trinajstić information content (AvgIpc) is 3.19. The molecule has 4 atom stereocenters. The quantitative estimate of drug-likeness (QED) is 0.540. The second-order valence-corrected chi connectivity index (χ2v) is 9.13. The summed E-state index contributed by atoms with van der Waals surface area (Å²) in [7, 11) is 0. The van der Waals surface area contributed by atoms with Gasteiger partial charge in [0.25, 0.3) is 5.91 Å². The van der Waals surface area contributed by atoms with Crippen LogP contribution in [0.2, 0.25) is 0 Å². The monoisotopic (exact) mass is 424 g/mol. The predicted octanol–water partition coefficient (Wildman–Crippen LogP) is 5.07. The van der Waals surface area contributed by atoms with Gasteiger partial charge in [0, 0.05) is 17.4 Å². The van der Waals surface area contributed by atoms with Gasteiger partial charge in [0.1, 0.15) is 11.3 Å². The molecule has 3 aliphatic heterocycles. The van der Waals surface area contributed by atoms with Crippen molar-refractivity contribution in [3.05, 3.63) is 95.6 Å². The molecule has 3 aromatic rings. The number of aryl methyl sites for hydroxylation is 1. The number of hydrogen-bond acceptors (Lipinski definition) is 3. The lowest BCUT2D eigenvalue weighted by atomic mass is 9.73. The van der Waals surface area contributed by atoms with Crippen LogP contribution in [0.1, 0.15) is 35.6 Å². The minimum Gasteiger partial charge on any atom is -0.493 e. The van der Waals surface area contributed by atoms with Crippen LogP contribution in [0.25, 0.3) is 0 Å². The van der Waals surface area contributed by atoms with Gasteiger partial charge in [0.15, 0.2) is 0 Å². The molecule has 5 nitrogen and oxygen atoms in total. The molecule has 0 bridgehead atoms. The summed E-state index contributed by atoms with van der Waals surface area (Å²) in [5, 5.41) is 0. The van der Waals surface area contributed by atoms with Crippen LogP contribution in [0, 0.1) is 12.8 Å². The Labute approximate surface area is 187 Å². The van der Waals surface area contributed by atoms with Crippen molar-refractivity contribution in [2.45, 2.75) is 31.3 Å². The normalized spacial score (nSPS) is 28.2. The van der Waals surface area contributed by atoms with Crippen LogP contribution in [-0.4, -0.2) is 29.0 Å². The van der Waals surface area contributed by atoms with Crippen molar-refractivity contribution in [2.24, 2.45) is 5.92 Å². The number of carbonyl (C=O) groups excluding carboxylic acids is 2. The van der Waals surface area contributed by atoms with Crippen molar-refractivity contribution in [1.29, 1.82) is 0 Å². The minimum absolute atomic E-state index is 0.00939. The topological polar surface area (TPSA) is 49.9 Å². The summed E-state index contributed by atoms with van der Waals surface area (Å²) < 4.78 is 6.13. The molecule has 6 rings (SSSR count). The van der Waals surface area contributed by atoms with Crippen molar-refractivity contribution in [3.63, 3.8) is 0 Å². The van der Waals surface area contributed by atoms with Crippen molar-refractivity contribution in [1.82, 2.24) is 4.90 Å². The highest BCUT2D eigenvalue weighted by Crippen LogP contribution is 2.61. The summed E-state index contributed by atoms with van der Waals surface area (Å²) in [5.74, 6) is 0.436. The summed E-state index contributed by atoms with van der Waals surface area (Å²) in [6.45, 7) is 4.37. The van der Waals surface area contributed by atoms with Gasteiger partial charge in [-0.3, -0.25) is 4.79 Å². The molecule has 3 amide bonds. The molecular formula is C27H24N2O3. The SMILES string of the molecule is Cc1cccc(N2C(=O)N3C4c5ccccc5OCC4C(c4ccccc4)[C@]3(C)C2=O)c1. The maximum Gasteiger partial charge on any atom is 0.332 e. The second-order valence-electron chi connectivity index (χ2n) is 9.13. The summed E-state index contributed by atoms with van der Waals surface area (Å²) in [4.78, 5) is 31.2. The molecular weight excluding hydrogens is 400 g/mol. The molecule has 2 fully saturated rings. The number of ether oxygens (including phenoxy) is 1. The third-order valence-corrected chi connectivity index (χ3v) is 7.34. The van der Waals surface area contributed by atoms with Crippen LogP contribution in [-0.2, 0) is 4.79 Å². The number of anilines is 1. The molecule has 0 saturated carbocycles. The van der Waals surface area contributed by atoms with E-state index in [0.717, 1.165) is 22.4 Å². The molecule has 0 N–H and O–H groups in total. The summed E-state index contributed by atoms with van der Waals surface area (Å²) in [6.07, 6.45) is 0. The largest absolute Gasteiger partial charge is 0.493 e. The highest BCUT2D eigenvalue weighted by molar-refractivity contribution is 6.24. The number of hydrogen-bond donors (Lipinski definition) is 0. The molecule has 3 aliphatic rings. The highest BCUT2D eigenvalue weighted by atomic mass is 16.5. The number of fused-ring (bicyclic) bond motifs is 5. The predicted molar refractivity (Wildman–Crippen MR) is 122 cm³/mol. The third kappa shape index (κ3) is 2.39. The van der Waals surface area contributed by atoms with Gasteiger partial charge in [-0.2, -0.15) is 0 Å². The fraction of sp³-hybridized carbons (Fsp3) is 0.259. The molecule has 0 radical (unpaired) electrons. The highest BCUT2D eigenvalue weighted by Gasteiger charge is 2.70. The van der Waals surface area contributed by atoms with Gasteiger partial charge in [-0.15, -0.1) is 0 Å². The Morgan fingerprint density at radius 2 is 1.69 bits per heavy atom. The zero-order valence-corrected chi connectivity index (χ0v) is 18.1. The van der Waals surface area contributed by atoms with Crippen LogP contribution in [0.4, 0.5) is 10.5 Å². The van der Waals surface area contributed by atoms with Gasteiger partial charge in [-0.25, -0.2) is 9.69 Å². The first kappa shape index (κ1) is 19.1. The van der Waals surface area contributed by atoms with Crippen molar-refractivity contribution >= 4 is 17.6 Å². The van der Waals surface area contributed by atoms with E-state index in [4.69, 9.17) is 4.74 Å². The Bertz CT molecular complexity index is 1240. The molecule has 2 saturated heterocycles. The molecule has 3 unspecified atom stereocenters. The molecule has 5 heteroatoms. The van der Waals surface area contributed by atoms with E-state index in [0.29, 0.717) is 12.3 Å². The molecule has 0 aliphatic carbocycles. The number of nitrogens with zero attached hydrogens (tertiary/aromatic N) is 2. The van der Waals surface area contributed by atoms with Gasteiger partial charge in [0.05, 0.1) is 18.3 Å². The summed E-state index contributed by atoms with van der Waals surface area (Å²) >= 11 is 0. The number of para-hydroxylation sites is 1. The number of urea groups is 1. The molecule has 3 aromatic carbocycles. The fourth-order valence-electron chi connectivity index (χ4n) is 6.03. The molecule has 3 heterocycles. The fourth-order valence-corrected chi connectivity index (χ4v) is 6.03. The van der Waals surface area contributed by atoms with E-state index < -0.39 is 5.54 Å². The van der Waals surface area contributed by atoms with Gasteiger partial charge in [0.2, 0.25) is 0 Å². The van der Waals surface area contributed by atoms with Crippen molar-refractivity contribution in [3.8, 4) is 5.75 Å². The van der Waals surface area contributed by atoms with Gasteiger partial charge >= 0.3 is 6.03 Å². The van der Waals surface area contributed by atoms with Crippen LogP contribution in [0.15, 0.2) is 78.9 Å². The minimum atomic E-state index is -1.00. The lowest BCUT2D eigenvalue weighted by Crippen LogP contribution is -2.46.